The Kier molecular flexibility index (Phi) is 4.11. The molecule has 0 aliphatic carbocycles. The fourth-order valence-electron chi connectivity index (χ4n) is 2.11. The molecular formula is C12H18N4O2. The molecule has 1 fully saturated rings. The first kappa shape index (κ1) is 12.8. The fourth-order valence-corrected chi connectivity index (χ4v) is 2.11. The Labute approximate surface area is 106 Å². The van der Waals surface area contributed by atoms with Crippen LogP contribution in [0.3, 0.4) is 0 Å². The third-order valence-electron chi connectivity index (χ3n) is 2.96. The molecule has 2 rings (SSSR count). The maximum Gasteiger partial charge on any atom is 0.242 e. The van der Waals surface area contributed by atoms with Crippen LogP contribution in [0.15, 0.2) is 18.3 Å². The topological polar surface area (TPSA) is 80.5 Å². The van der Waals surface area contributed by atoms with E-state index in [1.165, 1.54) is 0 Å². The van der Waals surface area contributed by atoms with Crippen molar-refractivity contribution in [2.45, 2.75) is 12.6 Å². The first-order valence-electron chi connectivity index (χ1n) is 5.96. The van der Waals surface area contributed by atoms with Gasteiger partial charge in [0.25, 0.3) is 0 Å². The van der Waals surface area contributed by atoms with Gasteiger partial charge in [-0.15, -0.1) is 0 Å². The summed E-state index contributed by atoms with van der Waals surface area (Å²) >= 11 is 0. The van der Waals surface area contributed by atoms with Crippen molar-refractivity contribution < 1.29 is 9.53 Å². The summed E-state index contributed by atoms with van der Waals surface area (Å²) in [5.41, 5.74) is 6.46. The molecule has 1 aromatic heterocycles. The van der Waals surface area contributed by atoms with E-state index in [4.69, 9.17) is 10.5 Å². The van der Waals surface area contributed by atoms with Gasteiger partial charge in [-0.25, -0.2) is 4.98 Å². The molecule has 3 N–H and O–H groups in total. The van der Waals surface area contributed by atoms with Gasteiger partial charge >= 0.3 is 0 Å². The van der Waals surface area contributed by atoms with Crippen LogP contribution in [0.5, 0.6) is 0 Å². The Bertz CT molecular complexity index is 424. The summed E-state index contributed by atoms with van der Waals surface area (Å²) in [7, 11) is 1.88. The summed E-state index contributed by atoms with van der Waals surface area (Å²) in [6.45, 7) is 2.23. The summed E-state index contributed by atoms with van der Waals surface area (Å²) in [6.07, 6.45) is 1.72. The molecule has 0 aromatic carbocycles. The molecule has 1 saturated heterocycles. The normalized spacial score (nSPS) is 19.8. The lowest BCUT2D eigenvalue weighted by atomic mass is 10.1. The number of carbonyl (C=O) groups excluding carboxylic acids is 1. The molecular weight excluding hydrogens is 232 g/mol. The quantitative estimate of drug-likeness (QED) is 0.752. The molecule has 98 valence electrons. The van der Waals surface area contributed by atoms with Crippen molar-refractivity contribution in [2.24, 2.45) is 5.73 Å². The highest BCUT2D eigenvalue weighted by atomic mass is 16.5. The summed E-state index contributed by atoms with van der Waals surface area (Å²) in [4.78, 5) is 17.8. The van der Waals surface area contributed by atoms with E-state index in [-0.39, 0.29) is 5.91 Å². The zero-order valence-electron chi connectivity index (χ0n) is 10.4. The third kappa shape index (κ3) is 2.60. The van der Waals surface area contributed by atoms with Gasteiger partial charge < -0.3 is 20.7 Å². The number of nitrogens with zero attached hydrogens (tertiary/aromatic N) is 2. The van der Waals surface area contributed by atoms with Crippen molar-refractivity contribution >= 4 is 11.7 Å². The Morgan fingerprint density at radius 3 is 3.28 bits per heavy atom. The van der Waals surface area contributed by atoms with E-state index in [9.17, 15) is 4.79 Å². The third-order valence-corrected chi connectivity index (χ3v) is 2.96. The lowest BCUT2D eigenvalue weighted by molar-refractivity contribution is -0.121. The first-order valence-corrected chi connectivity index (χ1v) is 5.96. The van der Waals surface area contributed by atoms with E-state index in [0.717, 1.165) is 11.4 Å². The van der Waals surface area contributed by atoms with E-state index < -0.39 is 6.04 Å². The molecule has 0 bridgehead atoms. The fraction of sp³-hybridized carbons (Fsp3) is 0.500. The Balaban J connectivity index is 2.30. The summed E-state index contributed by atoms with van der Waals surface area (Å²) in [6, 6.07) is 3.44. The smallest absolute Gasteiger partial charge is 0.242 e. The number of anilines is 1. The standard InChI is InChI=1S/C12H18N4O2/c1-14-7-9-3-2-4-15-12(9)16-5-6-18-8-10(16)11(13)17/h2-4,10,14H,5-8H2,1H3,(H2,13,17). The van der Waals surface area contributed by atoms with Crippen LogP contribution >= 0.6 is 0 Å². The first-order chi connectivity index (χ1) is 8.74. The van der Waals surface area contributed by atoms with Gasteiger partial charge in [0.05, 0.1) is 13.2 Å². The molecule has 1 unspecified atom stereocenters. The van der Waals surface area contributed by atoms with E-state index in [2.05, 4.69) is 10.3 Å². The number of hydrogen-bond donors (Lipinski definition) is 2. The second-order valence-electron chi connectivity index (χ2n) is 4.20. The maximum atomic E-state index is 11.5. The molecule has 0 radical (unpaired) electrons. The highest BCUT2D eigenvalue weighted by molar-refractivity contribution is 5.84. The second-order valence-corrected chi connectivity index (χ2v) is 4.20. The number of carbonyl (C=O) groups is 1. The van der Waals surface area contributed by atoms with Gasteiger partial charge in [0, 0.05) is 24.8 Å². The van der Waals surface area contributed by atoms with Crippen LogP contribution in [0.1, 0.15) is 5.56 Å². The van der Waals surface area contributed by atoms with Crippen LogP contribution in [0, 0.1) is 0 Å². The van der Waals surface area contributed by atoms with Crippen LogP contribution in [0.2, 0.25) is 0 Å². The van der Waals surface area contributed by atoms with Crippen molar-refractivity contribution in [1.29, 1.82) is 0 Å². The number of morpholine rings is 1. The van der Waals surface area contributed by atoms with Gasteiger partial charge in [-0.3, -0.25) is 4.79 Å². The number of aromatic nitrogens is 1. The van der Waals surface area contributed by atoms with Gasteiger partial charge in [-0.1, -0.05) is 6.07 Å². The van der Waals surface area contributed by atoms with Crippen LogP contribution in [-0.2, 0) is 16.1 Å². The second kappa shape index (κ2) is 5.79. The summed E-state index contributed by atoms with van der Waals surface area (Å²) < 4.78 is 5.31. The van der Waals surface area contributed by atoms with Crippen LogP contribution in [-0.4, -0.2) is 43.7 Å². The van der Waals surface area contributed by atoms with Gasteiger partial charge in [0.1, 0.15) is 11.9 Å². The molecule has 6 nitrogen and oxygen atoms in total. The van der Waals surface area contributed by atoms with Crippen LogP contribution < -0.4 is 16.0 Å². The van der Waals surface area contributed by atoms with Crippen molar-refractivity contribution in [1.82, 2.24) is 10.3 Å². The Morgan fingerprint density at radius 1 is 1.72 bits per heavy atom. The van der Waals surface area contributed by atoms with Gasteiger partial charge in [0.2, 0.25) is 5.91 Å². The number of amides is 1. The average Bonchev–Trinajstić information content (AvgIpc) is 2.40. The molecule has 2 heterocycles. The Morgan fingerprint density at radius 2 is 2.56 bits per heavy atom. The molecule has 6 heteroatoms. The predicted molar refractivity (Wildman–Crippen MR) is 68.1 cm³/mol. The summed E-state index contributed by atoms with van der Waals surface area (Å²) in [5, 5.41) is 3.09. The molecule has 1 atom stereocenters. The molecule has 0 spiro atoms. The van der Waals surface area contributed by atoms with E-state index in [0.29, 0.717) is 26.3 Å². The minimum absolute atomic E-state index is 0.324. The number of primary amides is 1. The number of hydrogen-bond acceptors (Lipinski definition) is 5. The minimum Gasteiger partial charge on any atom is -0.377 e. The monoisotopic (exact) mass is 250 g/mol. The number of ether oxygens (including phenoxy) is 1. The van der Waals surface area contributed by atoms with E-state index in [1.54, 1.807) is 6.20 Å². The lowest BCUT2D eigenvalue weighted by Gasteiger charge is -2.35. The number of nitrogens with two attached hydrogens (primary N) is 1. The minimum atomic E-state index is -0.441. The van der Waals surface area contributed by atoms with Crippen molar-refractivity contribution in [3.63, 3.8) is 0 Å². The van der Waals surface area contributed by atoms with Crippen LogP contribution in [0.25, 0.3) is 0 Å². The van der Waals surface area contributed by atoms with Gasteiger partial charge in [0.15, 0.2) is 0 Å². The van der Waals surface area contributed by atoms with E-state index in [1.807, 2.05) is 24.1 Å². The average molecular weight is 250 g/mol. The summed E-state index contributed by atoms with van der Waals surface area (Å²) in [5.74, 6) is 0.426. The molecule has 1 aliphatic rings. The lowest BCUT2D eigenvalue weighted by Crippen LogP contribution is -2.53. The van der Waals surface area contributed by atoms with Crippen molar-refractivity contribution in [3.05, 3.63) is 23.9 Å². The molecule has 1 amide bonds. The zero-order chi connectivity index (χ0) is 13.0. The molecule has 18 heavy (non-hydrogen) atoms. The van der Waals surface area contributed by atoms with Gasteiger partial charge in [-0.2, -0.15) is 0 Å². The number of nitrogens with one attached hydrogen (secondary N) is 1. The maximum absolute atomic E-state index is 11.5. The number of pyridine rings is 1. The SMILES string of the molecule is CNCc1cccnc1N1CCOCC1C(N)=O. The molecule has 0 saturated carbocycles. The molecule has 1 aliphatic heterocycles. The van der Waals surface area contributed by atoms with Crippen LogP contribution in [0.4, 0.5) is 5.82 Å². The molecule has 1 aromatic rings. The number of rotatable bonds is 4. The zero-order valence-corrected chi connectivity index (χ0v) is 10.4. The van der Waals surface area contributed by atoms with Crippen molar-refractivity contribution in [2.75, 3.05) is 31.7 Å². The Hall–Kier alpha value is -1.66. The van der Waals surface area contributed by atoms with E-state index >= 15 is 0 Å². The van der Waals surface area contributed by atoms with Crippen molar-refractivity contribution in [3.8, 4) is 0 Å². The highest BCUT2D eigenvalue weighted by Gasteiger charge is 2.29. The predicted octanol–water partition coefficient (Wildman–Crippen LogP) is -0.508. The van der Waals surface area contributed by atoms with Gasteiger partial charge in [-0.05, 0) is 13.1 Å². The largest absolute Gasteiger partial charge is 0.377 e. The highest BCUT2D eigenvalue weighted by Crippen LogP contribution is 2.21.